The Morgan fingerprint density at radius 1 is 1.14 bits per heavy atom. The standard InChI is InChI=1S/C21H22N4O3/c1-3-13(2)19(20(26)24-25-22)23-21(27)28-12-18-16-10-6-4-8-14(16)15-9-5-7-11-17(15)18/h4-11,13,18-19H,3,12H2,1-2H3,(H,23,27)/t13?,19-/m0/s1. The molecule has 1 aliphatic carbocycles. The molecule has 7 nitrogen and oxygen atoms in total. The predicted molar refractivity (Wildman–Crippen MR) is 106 cm³/mol. The molecule has 1 N–H and O–H groups in total. The van der Waals surface area contributed by atoms with Crippen molar-refractivity contribution in [2.75, 3.05) is 6.61 Å². The summed E-state index contributed by atoms with van der Waals surface area (Å²) in [6, 6.07) is 15.2. The van der Waals surface area contributed by atoms with Crippen molar-refractivity contribution in [1.29, 1.82) is 0 Å². The quantitative estimate of drug-likeness (QED) is 0.444. The fourth-order valence-electron chi connectivity index (χ4n) is 3.56. The lowest BCUT2D eigenvalue weighted by molar-refractivity contribution is -0.121. The number of alkyl carbamates (subject to hydrolysis) is 1. The number of carbonyl (C=O) groups is 2. The first-order valence-corrected chi connectivity index (χ1v) is 9.27. The molecule has 0 aromatic heterocycles. The van der Waals surface area contributed by atoms with E-state index in [0.717, 1.165) is 22.3 Å². The van der Waals surface area contributed by atoms with Crippen LogP contribution in [0.25, 0.3) is 21.6 Å². The maximum absolute atomic E-state index is 12.3. The number of nitrogens with one attached hydrogen (secondary N) is 1. The average molecular weight is 378 g/mol. The highest BCUT2D eigenvalue weighted by atomic mass is 16.5. The number of fused-ring (bicyclic) bond motifs is 3. The minimum atomic E-state index is -0.906. The van der Waals surface area contributed by atoms with Crippen molar-refractivity contribution in [3.8, 4) is 11.1 Å². The second-order valence-corrected chi connectivity index (χ2v) is 6.86. The molecule has 0 spiro atoms. The van der Waals surface area contributed by atoms with E-state index in [1.165, 1.54) is 0 Å². The van der Waals surface area contributed by atoms with Crippen LogP contribution in [0.3, 0.4) is 0 Å². The van der Waals surface area contributed by atoms with Gasteiger partial charge >= 0.3 is 6.09 Å². The van der Waals surface area contributed by atoms with Crippen LogP contribution in [0.5, 0.6) is 0 Å². The van der Waals surface area contributed by atoms with E-state index in [1.807, 2.05) is 43.3 Å². The smallest absolute Gasteiger partial charge is 0.407 e. The second-order valence-electron chi connectivity index (χ2n) is 6.86. The van der Waals surface area contributed by atoms with Gasteiger partial charge in [-0.1, -0.05) is 68.8 Å². The van der Waals surface area contributed by atoms with Crippen molar-refractivity contribution >= 4 is 12.0 Å². The molecule has 2 amide bonds. The normalized spacial score (nSPS) is 14.2. The SMILES string of the molecule is CCC(C)[C@H](NC(=O)OCC1c2ccccc2-c2ccccc21)C(=O)N=[N+]=[N-]. The summed E-state index contributed by atoms with van der Waals surface area (Å²) in [5.74, 6) is -0.961. The number of benzene rings is 2. The Balaban J connectivity index is 1.72. The molecule has 28 heavy (non-hydrogen) atoms. The first-order chi connectivity index (χ1) is 13.6. The first-order valence-electron chi connectivity index (χ1n) is 9.27. The molecule has 1 unspecified atom stereocenters. The third kappa shape index (κ3) is 3.85. The third-order valence-corrected chi connectivity index (χ3v) is 5.24. The van der Waals surface area contributed by atoms with Crippen LogP contribution < -0.4 is 5.32 Å². The van der Waals surface area contributed by atoms with Gasteiger partial charge in [-0.2, -0.15) is 0 Å². The van der Waals surface area contributed by atoms with E-state index >= 15 is 0 Å². The molecule has 0 radical (unpaired) electrons. The molecule has 3 rings (SSSR count). The van der Waals surface area contributed by atoms with Gasteiger partial charge in [0.25, 0.3) is 0 Å². The van der Waals surface area contributed by atoms with Crippen LogP contribution >= 0.6 is 0 Å². The molecule has 0 fully saturated rings. The lowest BCUT2D eigenvalue weighted by Crippen LogP contribution is -2.44. The molecule has 0 bridgehead atoms. The molecule has 0 saturated heterocycles. The lowest BCUT2D eigenvalue weighted by atomic mass is 9.98. The van der Waals surface area contributed by atoms with Crippen molar-refractivity contribution in [2.24, 2.45) is 11.0 Å². The highest BCUT2D eigenvalue weighted by molar-refractivity contribution is 5.86. The topological polar surface area (TPSA) is 104 Å². The van der Waals surface area contributed by atoms with Crippen LogP contribution in [0.2, 0.25) is 0 Å². The van der Waals surface area contributed by atoms with Gasteiger partial charge in [-0.25, -0.2) is 4.79 Å². The number of hydrogen-bond acceptors (Lipinski definition) is 3. The molecule has 1 aliphatic rings. The van der Waals surface area contributed by atoms with E-state index in [9.17, 15) is 9.59 Å². The number of ether oxygens (including phenoxy) is 1. The third-order valence-electron chi connectivity index (χ3n) is 5.24. The average Bonchev–Trinajstić information content (AvgIpc) is 3.04. The van der Waals surface area contributed by atoms with Gasteiger partial charge in [-0.3, -0.25) is 4.79 Å². The monoisotopic (exact) mass is 378 g/mol. The molecule has 2 atom stereocenters. The van der Waals surface area contributed by atoms with Gasteiger partial charge in [0.05, 0.1) is 0 Å². The lowest BCUT2D eigenvalue weighted by Gasteiger charge is -2.21. The molecule has 0 saturated carbocycles. The summed E-state index contributed by atoms with van der Waals surface area (Å²) in [6.45, 7) is 3.85. The predicted octanol–water partition coefficient (Wildman–Crippen LogP) is 4.78. The van der Waals surface area contributed by atoms with Crippen LogP contribution in [-0.2, 0) is 9.53 Å². The van der Waals surface area contributed by atoms with E-state index in [2.05, 4.69) is 27.5 Å². The summed E-state index contributed by atoms with van der Waals surface area (Å²) >= 11 is 0. The summed E-state index contributed by atoms with van der Waals surface area (Å²) in [6.07, 6.45) is -0.0604. The Morgan fingerprint density at radius 3 is 2.25 bits per heavy atom. The summed E-state index contributed by atoms with van der Waals surface area (Å²) in [5, 5.41) is 5.66. The van der Waals surface area contributed by atoms with E-state index in [1.54, 1.807) is 6.92 Å². The van der Waals surface area contributed by atoms with Crippen molar-refractivity contribution in [1.82, 2.24) is 5.32 Å². The number of hydrogen-bond donors (Lipinski definition) is 1. The van der Waals surface area contributed by atoms with Gasteiger partial charge < -0.3 is 10.1 Å². The molecule has 0 aliphatic heterocycles. The van der Waals surface area contributed by atoms with Crippen molar-refractivity contribution in [3.63, 3.8) is 0 Å². The zero-order chi connectivity index (χ0) is 20.1. The molecule has 2 aromatic carbocycles. The van der Waals surface area contributed by atoms with Crippen LogP contribution in [0.1, 0.15) is 37.3 Å². The minimum absolute atomic E-state index is 0.0620. The number of carbonyl (C=O) groups excluding carboxylic acids is 2. The maximum atomic E-state index is 12.3. The molecule has 2 aromatic rings. The number of amides is 2. The summed E-state index contributed by atoms with van der Waals surface area (Å²) in [4.78, 5) is 26.8. The number of rotatable bonds is 6. The fraction of sp³-hybridized carbons (Fsp3) is 0.333. The Hall–Kier alpha value is -3.31. The summed E-state index contributed by atoms with van der Waals surface area (Å²) in [5.41, 5.74) is 13.0. The fourth-order valence-corrected chi connectivity index (χ4v) is 3.56. The Morgan fingerprint density at radius 2 is 1.71 bits per heavy atom. The number of nitrogens with zero attached hydrogens (tertiary/aromatic N) is 3. The molecule has 0 heterocycles. The first kappa shape index (κ1) is 19.5. The Kier molecular flexibility index (Phi) is 5.96. The van der Waals surface area contributed by atoms with Gasteiger partial charge in [0.2, 0.25) is 5.91 Å². The second kappa shape index (κ2) is 8.59. The Labute approximate surface area is 163 Å². The van der Waals surface area contributed by atoms with Crippen molar-refractivity contribution in [3.05, 3.63) is 70.1 Å². The summed E-state index contributed by atoms with van der Waals surface area (Å²) in [7, 11) is 0. The van der Waals surface area contributed by atoms with Gasteiger partial charge in [-0.15, -0.1) is 0 Å². The van der Waals surface area contributed by atoms with Crippen LogP contribution in [0.4, 0.5) is 4.79 Å². The van der Waals surface area contributed by atoms with Crippen molar-refractivity contribution < 1.29 is 14.3 Å². The van der Waals surface area contributed by atoms with Gasteiger partial charge in [0.1, 0.15) is 12.6 Å². The van der Waals surface area contributed by atoms with Crippen LogP contribution in [0, 0.1) is 5.92 Å². The summed E-state index contributed by atoms with van der Waals surface area (Å²) < 4.78 is 5.46. The van der Waals surface area contributed by atoms with E-state index in [4.69, 9.17) is 10.3 Å². The van der Waals surface area contributed by atoms with E-state index < -0.39 is 18.0 Å². The highest BCUT2D eigenvalue weighted by Crippen LogP contribution is 2.44. The van der Waals surface area contributed by atoms with Gasteiger partial charge in [0, 0.05) is 10.8 Å². The highest BCUT2D eigenvalue weighted by Gasteiger charge is 2.30. The van der Waals surface area contributed by atoms with Crippen LogP contribution in [-0.4, -0.2) is 24.6 Å². The molecule has 144 valence electrons. The molecule has 7 heteroatoms. The zero-order valence-electron chi connectivity index (χ0n) is 15.8. The molecular formula is C21H22N4O3. The van der Waals surface area contributed by atoms with Gasteiger partial charge in [0.15, 0.2) is 0 Å². The van der Waals surface area contributed by atoms with Gasteiger partial charge in [-0.05, 0) is 38.8 Å². The largest absolute Gasteiger partial charge is 0.449 e. The zero-order valence-corrected chi connectivity index (χ0v) is 15.8. The molecular weight excluding hydrogens is 356 g/mol. The maximum Gasteiger partial charge on any atom is 0.407 e. The Bertz CT molecular complexity index is 891. The van der Waals surface area contributed by atoms with E-state index in [-0.39, 0.29) is 18.4 Å². The number of azide groups is 1. The van der Waals surface area contributed by atoms with Crippen LogP contribution in [0.15, 0.2) is 53.6 Å². The minimum Gasteiger partial charge on any atom is -0.449 e. The van der Waals surface area contributed by atoms with Crippen molar-refractivity contribution in [2.45, 2.75) is 32.2 Å². The van der Waals surface area contributed by atoms with E-state index in [0.29, 0.717) is 6.42 Å².